The van der Waals surface area contributed by atoms with Crippen LogP contribution in [0.15, 0.2) is 24.3 Å². The van der Waals surface area contributed by atoms with Crippen LogP contribution in [-0.4, -0.2) is 31.1 Å². The lowest BCUT2D eigenvalue weighted by Crippen LogP contribution is -2.31. The van der Waals surface area contributed by atoms with Gasteiger partial charge in [-0.2, -0.15) is 0 Å². The molecular weight excluding hydrogens is 288 g/mol. The van der Waals surface area contributed by atoms with Gasteiger partial charge >= 0.3 is 6.09 Å². The third-order valence-corrected chi connectivity index (χ3v) is 4.55. The molecule has 0 aromatic heterocycles. The molecule has 0 spiro atoms. The number of hydrogen-bond donors (Lipinski definition) is 1. The Morgan fingerprint density at radius 2 is 2.09 bits per heavy atom. The quantitative estimate of drug-likeness (QED) is 0.752. The van der Waals surface area contributed by atoms with Crippen LogP contribution in [0.3, 0.4) is 0 Å². The first kappa shape index (κ1) is 17.8. The summed E-state index contributed by atoms with van der Waals surface area (Å²) in [7, 11) is 2.15. The highest BCUT2D eigenvalue weighted by atomic mass is 16.6. The second-order valence-corrected chi connectivity index (χ2v) is 6.41. The maximum atomic E-state index is 12.0. The number of unbranched alkanes of at least 4 members (excludes halogenated alkanes) is 3. The molecule has 1 aromatic carbocycles. The molecule has 0 saturated carbocycles. The molecule has 4 heteroatoms. The number of nitrogens with one attached hydrogen (secondary N) is 1. The normalized spacial score (nSPS) is 18.6. The molecule has 2 rings (SSSR count). The Kier molecular flexibility index (Phi) is 7.40. The highest BCUT2D eigenvalue weighted by molar-refractivity contribution is 5.70. The summed E-state index contributed by atoms with van der Waals surface area (Å²) in [6, 6.07) is 8.27. The van der Waals surface area contributed by atoms with Gasteiger partial charge in [-0.3, -0.25) is 4.90 Å². The number of nitrogens with zero attached hydrogens (tertiary/aromatic N) is 1. The molecule has 1 aliphatic rings. The van der Waals surface area contributed by atoms with Gasteiger partial charge in [-0.05, 0) is 38.9 Å². The van der Waals surface area contributed by atoms with E-state index in [1.165, 1.54) is 25.7 Å². The molecular formula is C19H30N2O2. The molecule has 1 fully saturated rings. The predicted octanol–water partition coefficient (Wildman–Crippen LogP) is 4.51. The third-order valence-electron chi connectivity index (χ3n) is 4.55. The van der Waals surface area contributed by atoms with Crippen molar-refractivity contribution in [2.75, 3.05) is 20.1 Å². The SMILES string of the molecule is CCCCCCNC(=O)Oc1ccccc1C1CCCCN1C. The van der Waals surface area contributed by atoms with Crippen molar-refractivity contribution in [1.82, 2.24) is 10.2 Å². The van der Waals surface area contributed by atoms with Crippen molar-refractivity contribution in [3.63, 3.8) is 0 Å². The summed E-state index contributed by atoms with van der Waals surface area (Å²) in [6.45, 7) is 3.97. The maximum absolute atomic E-state index is 12.0. The van der Waals surface area contributed by atoms with Crippen molar-refractivity contribution in [3.05, 3.63) is 29.8 Å². The average molecular weight is 318 g/mol. The number of rotatable bonds is 7. The van der Waals surface area contributed by atoms with Crippen LogP contribution >= 0.6 is 0 Å². The molecule has 1 aromatic rings. The Bertz CT molecular complexity index is 490. The molecule has 23 heavy (non-hydrogen) atoms. The lowest BCUT2D eigenvalue weighted by Gasteiger charge is -2.33. The fourth-order valence-electron chi connectivity index (χ4n) is 3.19. The molecule has 0 aliphatic carbocycles. The van der Waals surface area contributed by atoms with Crippen molar-refractivity contribution >= 4 is 6.09 Å². The molecule has 1 N–H and O–H groups in total. The molecule has 0 radical (unpaired) electrons. The van der Waals surface area contributed by atoms with Crippen LogP contribution in [0.4, 0.5) is 4.79 Å². The first-order chi connectivity index (χ1) is 11.2. The molecule has 4 nitrogen and oxygen atoms in total. The Balaban J connectivity index is 1.90. The molecule has 1 atom stereocenters. The highest BCUT2D eigenvalue weighted by Gasteiger charge is 2.24. The smallest absolute Gasteiger partial charge is 0.410 e. The number of piperidine rings is 1. The van der Waals surface area contributed by atoms with Crippen LogP contribution in [-0.2, 0) is 0 Å². The van der Waals surface area contributed by atoms with Crippen molar-refractivity contribution in [1.29, 1.82) is 0 Å². The number of carbonyl (C=O) groups excluding carboxylic acids is 1. The van der Waals surface area contributed by atoms with Crippen LogP contribution < -0.4 is 10.1 Å². The molecule has 0 bridgehead atoms. The molecule has 128 valence electrons. The number of ether oxygens (including phenoxy) is 1. The van der Waals surface area contributed by atoms with E-state index in [9.17, 15) is 4.79 Å². The van der Waals surface area contributed by atoms with Gasteiger partial charge in [0.05, 0.1) is 0 Å². The van der Waals surface area contributed by atoms with E-state index in [1.807, 2.05) is 18.2 Å². The Hall–Kier alpha value is -1.55. The van der Waals surface area contributed by atoms with E-state index >= 15 is 0 Å². The lowest BCUT2D eigenvalue weighted by molar-refractivity contribution is 0.178. The first-order valence-electron chi connectivity index (χ1n) is 8.97. The van der Waals surface area contributed by atoms with Gasteiger partial charge in [0.2, 0.25) is 0 Å². The van der Waals surface area contributed by atoms with Gasteiger partial charge in [0.25, 0.3) is 0 Å². The average Bonchev–Trinajstić information content (AvgIpc) is 2.56. The zero-order valence-electron chi connectivity index (χ0n) is 14.5. The predicted molar refractivity (Wildman–Crippen MR) is 93.8 cm³/mol. The van der Waals surface area contributed by atoms with Gasteiger partial charge in [-0.25, -0.2) is 4.79 Å². The van der Waals surface area contributed by atoms with Crippen LogP contribution in [0.25, 0.3) is 0 Å². The summed E-state index contributed by atoms with van der Waals surface area (Å²) in [6.07, 6.45) is 7.83. The molecule has 1 unspecified atom stereocenters. The van der Waals surface area contributed by atoms with Crippen molar-refractivity contribution in [2.45, 2.75) is 57.9 Å². The standard InChI is InChI=1S/C19H30N2O2/c1-3-4-5-9-14-20-19(22)23-18-13-7-6-11-16(18)17-12-8-10-15-21(17)2/h6-7,11,13,17H,3-5,8-10,12,14-15H2,1-2H3,(H,20,22). The maximum Gasteiger partial charge on any atom is 0.412 e. The van der Waals surface area contributed by atoms with Crippen LogP contribution in [0.2, 0.25) is 0 Å². The van der Waals surface area contributed by atoms with Gasteiger partial charge in [0.1, 0.15) is 5.75 Å². The number of amides is 1. The van der Waals surface area contributed by atoms with Gasteiger partial charge in [-0.15, -0.1) is 0 Å². The molecule has 1 heterocycles. The number of likely N-dealkylation sites (tertiary alicyclic amines) is 1. The minimum Gasteiger partial charge on any atom is -0.410 e. The third kappa shape index (κ3) is 5.54. The van der Waals surface area contributed by atoms with Crippen LogP contribution in [0.1, 0.15) is 63.5 Å². The molecule has 1 aliphatic heterocycles. The van der Waals surface area contributed by atoms with Crippen molar-refractivity contribution in [2.24, 2.45) is 0 Å². The highest BCUT2D eigenvalue weighted by Crippen LogP contribution is 2.35. The van der Waals surface area contributed by atoms with Crippen LogP contribution in [0.5, 0.6) is 5.75 Å². The van der Waals surface area contributed by atoms with Gasteiger partial charge < -0.3 is 10.1 Å². The van der Waals surface area contributed by atoms with Crippen LogP contribution in [0, 0.1) is 0 Å². The zero-order chi connectivity index (χ0) is 16.5. The van der Waals surface area contributed by atoms with Crippen molar-refractivity contribution in [3.8, 4) is 5.75 Å². The fourth-order valence-corrected chi connectivity index (χ4v) is 3.19. The summed E-state index contributed by atoms with van der Waals surface area (Å²) in [4.78, 5) is 14.4. The number of para-hydroxylation sites is 1. The number of hydrogen-bond acceptors (Lipinski definition) is 3. The summed E-state index contributed by atoms with van der Waals surface area (Å²) < 4.78 is 5.58. The van der Waals surface area contributed by atoms with Gasteiger partial charge in [-0.1, -0.05) is 50.8 Å². The summed E-state index contributed by atoms with van der Waals surface area (Å²) in [5.41, 5.74) is 1.12. The van der Waals surface area contributed by atoms with E-state index in [0.717, 1.165) is 31.4 Å². The van der Waals surface area contributed by atoms with E-state index < -0.39 is 0 Å². The summed E-state index contributed by atoms with van der Waals surface area (Å²) in [5, 5.41) is 2.86. The number of carbonyl (C=O) groups is 1. The van der Waals surface area contributed by atoms with E-state index in [4.69, 9.17) is 4.74 Å². The van der Waals surface area contributed by atoms with E-state index in [2.05, 4.69) is 30.3 Å². The minimum atomic E-state index is -0.340. The van der Waals surface area contributed by atoms with Gasteiger partial charge in [0, 0.05) is 18.2 Å². The topological polar surface area (TPSA) is 41.6 Å². The minimum absolute atomic E-state index is 0.340. The fraction of sp³-hybridized carbons (Fsp3) is 0.632. The van der Waals surface area contributed by atoms with Gasteiger partial charge in [0.15, 0.2) is 0 Å². The van der Waals surface area contributed by atoms with E-state index in [0.29, 0.717) is 18.3 Å². The molecule has 1 saturated heterocycles. The first-order valence-corrected chi connectivity index (χ1v) is 8.97. The molecule has 1 amide bonds. The lowest BCUT2D eigenvalue weighted by atomic mass is 9.95. The second kappa shape index (κ2) is 9.56. The number of benzene rings is 1. The van der Waals surface area contributed by atoms with E-state index in [1.54, 1.807) is 0 Å². The Morgan fingerprint density at radius 3 is 2.87 bits per heavy atom. The largest absolute Gasteiger partial charge is 0.412 e. The Morgan fingerprint density at radius 1 is 1.26 bits per heavy atom. The van der Waals surface area contributed by atoms with E-state index in [-0.39, 0.29) is 6.09 Å². The zero-order valence-corrected chi connectivity index (χ0v) is 14.5. The summed E-state index contributed by atoms with van der Waals surface area (Å²) in [5.74, 6) is 0.692. The summed E-state index contributed by atoms with van der Waals surface area (Å²) >= 11 is 0. The van der Waals surface area contributed by atoms with Crippen molar-refractivity contribution < 1.29 is 9.53 Å². The Labute approximate surface area is 140 Å². The monoisotopic (exact) mass is 318 g/mol. The second-order valence-electron chi connectivity index (χ2n) is 6.41.